The molecule has 5 rings (SSSR count). The normalized spacial score (nSPS) is 23.5. The third-order valence-electron chi connectivity index (χ3n) is 7.52. The highest BCUT2D eigenvalue weighted by atomic mass is 16.5. The second-order valence-electron chi connectivity index (χ2n) is 9.50. The predicted molar refractivity (Wildman–Crippen MR) is 111 cm³/mol. The summed E-state index contributed by atoms with van der Waals surface area (Å²) < 4.78 is 5.44. The minimum Gasteiger partial charge on any atom is -0.497 e. The summed E-state index contributed by atoms with van der Waals surface area (Å²) >= 11 is 0. The van der Waals surface area contributed by atoms with Crippen LogP contribution in [0, 0.1) is 5.92 Å². The Morgan fingerprint density at radius 2 is 1.96 bits per heavy atom. The third kappa shape index (κ3) is 2.59. The Bertz CT molecular complexity index is 917. The molecule has 1 aromatic carbocycles. The zero-order chi connectivity index (χ0) is 19.5. The van der Waals surface area contributed by atoms with Crippen molar-refractivity contribution in [1.29, 1.82) is 0 Å². The van der Waals surface area contributed by atoms with E-state index in [4.69, 9.17) is 4.74 Å². The highest BCUT2D eigenvalue weighted by Gasteiger charge is 2.47. The molecule has 1 aromatic heterocycles. The third-order valence-corrected chi connectivity index (χ3v) is 7.52. The van der Waals surface area contributed by atoms with Gasteiger partial charge < -0.3 is 19.9 Å². The number of H-pyrrole nitrogens is 1. The fourth-order valence-corrected chi connectivity index (χ4v) is 5.39. The van der Waals surface area contributed by atoms with Crippen LogP contribution in [-0.4, -0.2) is 42.5 Å². The van der Waals surface area contributed by atoms with E-state index in [2.05, 4.69) is 47.2 Å². The number of hydrogen-bond acceptors (Lipinski definition) is 3. The molecule has 0 atom stereocenters. The number of carbonyl (C=O) groups excluding carboxylic acids is 1. The predicted octanol–water partition coefficient (Wildman–Crippen LogP) is 3.68. The van der Waals surface area contributed by atoms with Gasteiger partial charge >= 0.3 is 0 Å². The van der Waals surface area contributed by atoms with Crippen molar-refractivity contribution in [3.8, 4) is 5.75 Å². The number of nitrogens with one attached hydrogen (secondary N) is 2. The highest BCUT2D eigenvalue weighted by Crippen LogP contribution is 2.47. The smallest absolute Gasteiger partial charge is 0.225 e. The molecule has 2 aliphatic heterocycles. The van der Waals surface area contributed by atoms with E-state index in [0.29, 0.717) is 11.8 Å². The van der Waals surface area contributed by atoms with Crippen molar-refractivity contribution in [2.75, 3.05) is 26.7 Å². The summed E-state index contributed by atoms with van der Waals surface area (Å²) in [6.45, 7) is 7.22. The molecule has 150 valence electrons. The second kappa shape index (κ2) is 6.24. The van der Waals surface area contributed by atoms with Crippen LogP contribution >= 0.6 is 0 Å². The van der Waals surface area contributed by atoms with E-state index >= 15 is 0 Å². The van der Waals surface area contributed by atoms with Crippen LogP contribution in [0.3, 0.4) is 0 Å². The number of aromatic nitrogens is 1. The molecule has 1 amide bonds. The van der Waals surface area contributed by atoms with E-state index in [0.717, 1.165) is 56.6 Å². The fraction of sp³-hybridized carbons (Fsp3) is 0.609. The van der Waals surface area contributed by atoms with Crippen LogP contribution < -0.4 is 10.1 Å². The molecule has 1 saturated heterocycles. The summed E-state index contributed by atoms with van der Waals surface area (Å²) in [6.07, 6.45) is 5.45. The Hall–Kier alpha value is -2.01. The van der Waals surface area contributed by atoms with Crippen LogP contribution in [-0.2, 0) is 15.7 Å². The van der Waals surface area contributed by atoms with Crippen LogP contribution in [0.15, 0.2) is 18.2 Å². The van der Waals surface area contributed by atoms with Crippen LogP contribution in [0.25, 0.3) is 10.9 Å². The lowest BCUT2D eigenvalue weighted by Crippen LogP contribution is -2.57. The van der Waals surface area contributed by atoms with Crippen LogP contribution in [0.2, 0.25) is 0 Å². The lowest BCUT2D eigenvalue weighted by molar-refractivity contribution is -0.139. The molecule has 0 radical (unpaired) electrons. The zero-order valence-corrected chi connectivity index (χ0v) is 17.2. The van der Waals surface area contributed by atoms with Gasteiger partial charge in [0.1, 0.15) is 5.75 Å². The second-order valence-corrected chi connectivity index (χ2v) is 9.50. The van der Waals surface area contributed by atoms with Gasteiger partial charge in [-0.3, -0.25) is 4.79 Å². The molecular formula is C23H31N3O2. The Morgan fingerprint density at radius 1 is 1.21 bits per heavy atom. The van der Waals surface area contributed by atoms with Crippen molar-refractivity contribution in [3.05, 3.63) is 29.5 Å². The van der Waals surface area contributed by atoms with Gasteiger partial charge in [0.15, 0.2) is 0 Å². The maximum absolute atomic E-state index is 12.7. The van der Waals surface area contributed by atoms with Gasteiger partial charge in [-0.2, -0.15) is 0 Å². The van der Waals surface area contributed by atoms with Crippen molar-refractivity contribution in [3.63, 3.8) is 0 Å². The Kier molecular flexibility index (Phi) is 4.02. The fourth-order valence-electron chi connectivity index (χ4n) is 5.39. The summed E-state index contributed by atoms with van der Waals surface area (Å²) in [4.78, 5) is 18.6. The van der Waals surface area contributed by atoms with Gasteiger partial charge in [-0.15, -0.1) is 0 Å². The summed E-state index contributed by atoms with van der Waals surface area (Å²) in [5, 5.41) is 5.10. The monoisotopic (exact) mass is 381 g/mol. The maximum Gasteiger partial charge on any atom is 0.225 e. The van der Waals surface area contributed by atoms with Gasteiger partial charge in [0.25, 0.3) is 0 Å². The Labute approximate surface area is 166 Å². The number of methoxy groups -OCH3 is 1. The summed E-state index contributed by atoms with van der Waals surface area (Å²) in [5.74, 6) is 1.58. The minimum atomic E-state index is -0.0915. The van der Waals surface area contributed by atoms with Gasteiger partial charge in [-0.1, -0.05) is 6.42 Å². The first-order valence-electron chi connectivity index (χ1n) is 10.7. The Balaban J connectivity index is 1.51. The summed E-state index contributed by atoms with van der Waals surface area (Å²) in [5.41, 5.74) is 3.90. The van der Waals surface area contributed by atoms with Gasteiger partial charge in [0, 0.05) is 53.6 Å². The van der Waals surface area contributed by atoms with E-state index in [-0.39, 0.29) is 11.0 Å². The van der Waals surface area contributed by atoms with Gasteiger partial charge in [0.05, 0.1) is 12.6 Å². The molecule has 3 heterocycles. The molecule has 2 fully saturated rings. The molecule has 5 nitrogen and oxygen atoms in total. The number of nitrogens with zero attached hydrogens (tertiary/aromatic N) is 1. The van der Waals surface area contributed by atoms with E-state index in [9.17, 15) is 4.79 Å². The number of likely N-dealkylation sites (tertiary alicyclic amines) is 1. The standard InChI is InChI=1S/C23H31N3O2/c1-22(2)20-19(17-8-7-16(28-3)13-18(17)25-20)23(14-24-22)9-11-26(12-10-23)21(27)15-5-4-6-15/h7-8,13,15,24-25H,4-6,9-12,14H2,1-3H3. The molecular weight excluding hydrogens is 350 g/mol. The Morgan fingerprint density at radius 3 is 2.61 bits per heavy atom. The number of fused-ring (bicyclic) bond motifs is 4. The quantitative estimate of drug-likeness (QED) is 0.834. The van der Waals surface area contributed by atoms with Crippen molar-refractivity contribution in [2.45, 2.75) is 56.9 Å². The van der Waals surface area contributed by atoms with Crippen molar-refractivity contribution in [2.24, 2.45) is 5.92 Å². The van der Waals surface area contributed by atoms with Crippen molar-refractivity contribution in [1.82, 2.24) is 15.2 Å². The number of hydrogen-bond donors (Lipinski definition) is 2. The molecule has 28 heavy (non-hydrogen) atoms. The first-order chi connectivity index (χ1) is 13.4. The number of benzene rings is 1. The lowest BCUT2D eigenvalue weighted by Gasteiger charge is -2.49. The molecule has 2 aromatic rings. The number of amides is 1. The number of ether oxygens (including phenoxy) is 1. The van der Waals surface area contributed by atoms with Crippen molar-refractivity contribution < 1.29 is 9.53 Å². The SMILES string of the molecule is COc1ccc2c3c([nH]c2c1)C(C)(C)NCC31CCN(C(=O)C2CCC2)CC1. The molecule has 5 heteroatoms. The molecule has 1 saturated carbocycles. The van der Waals surface area contributed by atoms with Crippen LogP contribution in [0.5, 0.6) is 5.75 Å². The molecule has 3 aliphatic rings. The molecule has 0 unspecified atom stereocenters. The van der Waals surface area contributed by atoms with E-state index in [1.165, 1.54) is 23.1 Å². The average Bonchev–Trinajstić information content (AvgIpc) is 3.05. The van der Waals surface area contributed by atoms with E-state index < -0.39 is 0 Å². The van der Waals surface area contributed by atoms with Crippen LogP contribution in [0.1, 0.15) is 57.2 Å². The topological polar surface area (TPSA) is 57.4 Å². The highest BCUT2D eigenvalue weighted by molar-refractivity contribution is 5.88. The van der Waals surface area contributed by atoms with Gasteiger partial charge in [-0.05, 0) is 57.2 Å². The molecule has 1 aliphatic carbocycles. The number of aromatic amines is 1. The molecule has 2 N–H and O–H groups in total. The van der Waals surface area contributed by atoms with E-state index in [1.807, 2.05) is 0 Å². The minimum absolute atomic E-state index is 0.0914. The average molecular weight is 382 g/mol. The van der Waals surface area contributed by atoms with E-state index in [1.54, 1.807) is 7.11 Å². The summed E-state index contributed by atoms with van der Waals surface area (Å²) in [6, 6.07) is 6.37. The van der Waals surface area contributed by atoms with Gasteiger partial charge in [0.2, 0.25) is 5.91 Å². The molecule has 0 bridgehead atoms. The lowest BCUT2D eigenvalue weighted by atomic mass is 9.67. The molecule has 1 spiro atoms. The zero-order valence-electron chi connectivity index (χ0n) is 17.2. The number of piperidine rings is 1. The first kappa shape index (κ1) is 18.0. The number of carbonyl (C=O) groups is 1. The van der Waals surface area contributed by atoms with Crippen LogP contribution in [0.4, 0.5) is 0 Å². The number of rotatable bonds is 2. The first-order valence-corrected chi connectivity index (χ1v) is 10.7. The maximum atomic E-state index is 12.7. The van der Waals surface area contributed by atoms with Crippen molar-refractivity contribution >= 4 is 16.8 Å². The van der Waals surface area contributed by atoms with Gasteiger partial charge in [-0.25, -0.2) is 0 Å². The largest absolute Gasteiger partial charge is 0.497 e. The summed E-state index contributed by atoms with van der Waals surface area (Å²) in [7, 11) is 1.71.